The van der Waals surface area contributed by atoms with E-state index in [1.54, 1.807) is 0 Å². The standard InChI is InChI=1S/C9H5BrF4O3/c10-3-1-2-4(11)5(7(15)8(16)17)6(3)9(12,13)14/h1-2,7,15H,(H,16,17). The second kappa shape index (κ2) is 4.61. The van der Waals surface area contributed by atoms with Crippen molar-refractivity contribution in [2.75, 3.05) is 0 Å². The minimum Gasteiger partial charge on any atom is -0.479 e. The highest BCUT2D eigenvalue weighted by Crippen LogP contribution is 2.40. The molecule has 0 radical (unpaired) electrons. The van der Waals surface area contributed by atoms with E-state index in [2.05, 4.69) is 15.9 Å². The topological polar surface area (TPSA) is 57.5 Å². The van der Waals surface area contributed by atoms with Crippen LogP contribution < -0.4 is 0 Å². The zero-order valence-corrected chi connectivity index (χ0v) is 9.51. The van der Waals surface area contributed by atoms with Gasteiger partial charge in [0, 0.05) is 10.0 Å². The molecule has 0 bridgehead atoms. The van der Waals surface area contributed by atoms with Gasteiger partial charge in [-0.05, 0) is 12.1 Å². The molecule has 2 N–H and O–H groups in total. The Kier molecular flexibility index (Phi) is 3.78. The van der Waals surface area contributed by atoms with Crippen molar-refractivity contribution in [1.29, 1.82) is 0 Å². The number of hydrogen-bond acceptors (Lipinski definition) is 2. The van der Waals surface area contributed by atoms with E-state index in [-0.39, 0.29) is 0 Å². The van der Waals surface area contributed by atoms with Crippen molar-refractivity contribution in [2.24, 2.45) is 0 Å². The van der Waals surface area contributed by atoms with Crippen LogP contribution in [0.1, 0.15) is 17.2 Å². The second-order valence-corrected chi connectivity index (χ2v) is 3.91. The van der Waals surface area contributed by atoms with E-state index >= 15 is 0 Å². The highest BCUT2D eigenvalue weighted by molar-refractivity contribution is 9.10. The van der Waals surface area contributed by atoms with Gasteiger partial charge < -0.3 is 10.2 Å². The Morgan fingerprint density at radius 2 is 1.88 bits per heavy atom. The molecule has 0 aliphatic carbocycles. The van der Waals surface area contributed by atoms with Gasteiger partial charge in [-0.3, -0.25) is 0 Å². The van der Waals surface area contributed by atoms with Gasteiger partial charge >= 0.3 is 12.1 Å². The Morgan fingerprint density at radius 1 is 1.35 bits per heavy atom. The average Bonchev–Trinajstić information content (AvgIpc) is 2.18. The van der Waals surface area contributed by atoms with Crippen LogP contribution in [-0.4, -0.2) is 16.2 Å². The van der Waals surface area contributed by atoms with Gasteiger partial charge in [0.1, 0.15) is 5.82 Å². The molecule has 1 atom stereocenters. The fourth-order valence-corrected chi connectivity index (χ4v) is 1.82. The van der Waals surface area contributed by atoms with Crippen LogP contribution in [0.4, 0.5) is 17.6 Å². The molecule has 0 saturated heterocycles. The first-order chi connectivity index (χ1) is 7.66. The Labute approximate surface area is 101 Å². The van der Waals surface area contributed by atoms with E-state index in [0.29, 0.717) is 6.07 Å². The van der Waals surface area contributed by atoms with Gasteiger partial charge in [-0.15, -0.1) is 0 Å². The lowest BCUT2D eigenvalue weighted by Gasteiger charge is -2.17. The number of carbonyl (C=O) groups is 1. The van der Waals surface area contributed by atoms with Crippen LogP contribution in [0, 0.1) is 5.82 Å². The van der Waals surface area contributed by atoms with Gasteiger partial charge in [0.15, 0.2) is 6.10 Å². The van der Waals surface area contributed by atoms with Gasteiger partial charge in [0.05, 0.1) is 5.56 Å². The van der Waals surface area contributed by atoms with Crippen molar-refractivity contribution < 1.29 is 32.6 Å². The van der Waals surface area contributed by atoms with Crippen molar-refractivity contribution in [3.8, 4) is 0 Å². The minimum absolute atomic E-state index is 0.540. The summed E-state index contributed by atoms with van der Waals surface area (Å²) in [5, 5.41) is 17.5. The zero-order chi connectivity index (χ0) is 13.4. The summed E-state index contributed by atoms with van der Waals surface area (Å²) in [5.74, 6) is -3.40. The maximum Gasteiger partial charge on any atom is 0.417 e. The number of carboxylic acids is 1. The summed E-state index contributed by atoms with van der Waals surface area (Å²) < 4.78 is 50.5. The lowest BCUT2D eigenvalue weighted by Crippen LogP contribution is -2.19. The molecule has 3 nitrogen and oxygen atoms in total. The van der Waals surface area contributed by atoms with Crippen LogP contribution in [0.15, 0.2) is 16.6 Å². The summed E-state index contributed by atoms with van der Waals surface area (Å²) in [4.78, 5) is 10.4. The van der Waals surface area contributed by atoms with Crippen molar-refractivity contribution in [3.05, 3.63) is 33.5 Å². The first-order valence-corrected chi connectivity index (χ1v) is 4.91. The van der Waals surface area contributed by atoms with Gasteiger partial charge in [-0.25, -0.2) is 9.18 Å². The first-order valence-electron chi connectivity index (χ1n) is 4.12. The van der Waals surface area contributed by atoms with Crippen molar-refractivity contribution in [1.82, 2.24) is 0 Å². The first kappa shape index (κ1) is 13.9. The summed E-state index contributed by atoms with van der Waals surface area (Å²) >= 11 is 2.54. The van der Waals surface area contributed by atoms with Crippen LogP contribution in [0.25, 0.3) is 0 Å². The molecule has 0 amide bonds. The Morgan fingerprint density at radius 3 is 2.29 bits per heavy atom. The maximum absolute atomic E-state index is 13.2. The zero-order valence-electron chi connectivity index (χ0n) is 7.92. The third kappa shape index (κ3) is 2.75. The molecule has 1 unspecified atom stereocenters. The van der Waals surface area contributed by atoms with E-state index in [9.17, 15) is 22.4 Å². The molecule has 0 fully saturated rings. The van der Waals surface area contributed by atoms with E-state index < -0.39 is 39.7 Å². The molecule has 1 aromatic rings. The number of hydrogen-bond donors (Lipinski definition) is 2. The highest BCUT2D eigenvalue weighted by Gasteiger charge is 2.40. The molecular formula is C9H5BrF4O3. The fourth-order valence-electron chi connectivity index (χ4n) is 1.25. The Bertz CT molecular complexity index is 458. The minimum atomic E-state index is -4.98. The number of alkyl halides is 3. The van der Waals surface area contributed by atoms with Crippen LogP contribution >= 0.6 is 15.9 Å². The fraction of sp³-hybridized carbons (Fsp3) is 0.222. The summed E-state index contributed by atoms with van der Waals surface area (Å²) in [7, 11) is 0. The molecule has 0 heterocycles. The van der Waals surface area contributed by atoms with E-state index in [0.717, 1.165) is 6.07 Å². The molecule has 1 rings (SSSR count). The molecule has 0 aliphatic heterocycles. The Hall–Kier alpha value is -1.15. The molecule has 1 aromatic carbocycles. The lowest BCUT2D eigenvalue weighted by atomic mass is 10.0. The third-order valence-corrected chi connectivity index (χ3v) is 2.59. The van der Waals surface area contributed by atoms with Crippen molar-refractivity contribution in [3.63, 3.8) is 0 Å². The molecule has 0 spiro atoms. The molecular weight excluding hydrogens is 312 g/mol. The van der Waals surface area contributed by atoms with Crippen LogP contribution in [0.3, 0.4) is 0 Å². The smallest absolute Gasteiger partial charge is 0.417 e. The number of aliphatic hydroxyl groups is 1. The van der Waals surface area contributed by atoms with Crippen molar-refractivity contribution >= 4 is 21.9 Å². The number of rotatable bonds is 2. The summed E-state index contributed by atoms with van der Waals surface area (Å²) in [5.41, 5.74) is -2.84. The molecule has 8 heteroatoms. The van der Waals surface area contributed by atoms with E-state index in [1.165, 1.54) is 0 Å². The van der Waals surface area contributed by atoms with Crippen molar-refractivity contribution in [2.45, 2.75) is 12.3 Å². The quantitative estimate of drug-likeness (QED) is 0.825. The van der Waals surface area contributed by atoms with Crippen LogP contribution in [-0.2, 0) is 11.0 Å². The van der Waals surface area contributed by atoms with Gasteiger partial charge in [0.2, 0.25) is 0 Å². The number of carboxylic acid groups (broad SMARTS) is 1. The average molecular weight is 317 g/mol. The molecule has 0 aliphatic rings. The van der Waals surface area contributed by atoms with Crippen LogP contribution in [0.5, 0.6) is 0 Å². The third-order valence-electron chi connectivity index (χ3n) is 1.93. The molecule has 17 heavy (non-hydrogen) atoms. The number of halogens is 5. The second-order valence-electron chi connectivity index (χ2n) is 3.06. The number of benzene rings is 1. The predicted molar refractivity (Wildman–Crippen MR) is 51.7 cm³/mol. The Balaban J connectivity index is 3.57. The number of aliphatic hydroxyl groups excluding tert-OH is 1. The van der Waals surface area contributed by atoms with Gasteiger partial charge in [-0.2, -0.15) is 13.2 Å². The van der Waals surface area contributed by atoms with E-state index in [1.807, 2.05) is 0 Å². The van der Waals surface area contributed by atoms with Gasteiger partial charge in [-0.1, -0.05) is 15.9 Å². The SMILES string of the molecule is O=C(O)C(O)c1c(F)ccc(Br)c1C(F)(F)F. The molecule has 0 saturated carbocycles. The monoisotopic (exact) mass is 316 g/mol. The normalized spacial score (nSPS) is 13.5. The summed E-state index contributed by atoms with van der Waals surface area (Å²) in [6.45, 7) is 0. The predicted octanol–water partition coefficient (Wildman–Crippen LogP) is 2.72. The highest BCUT2D eigenvalue weighted by atomic mass is 79.9. The number of aliphatic carboxylic acids is 1. The maximum atomic E-state index is 13.2. The molecule has 94 valence electrons. The summed E-state index contributed by atoms with van der Waals surface area (Å²) in [6, 6.07) is 1.43. The van der Waals surface area contributed by atoms with Crippen LogP contribution in [0.2, 0.25) is 0 Å². The molecule has 0 aromatic heterocycles. The largest absolute Gasteiger partial charge is 0.479 e. The van der Waals surface area contributed by atoms with E-state index in [4.69, 9.17) is 10.2 Å². The lowest BCUT2D eigenvalue weighted by molar-refractivity contribution is -0.149. The van der Waals surface area contributed by atoms with Gasteiger partial charge in [0.25, 0.3) is 0 Å². The summed E-state index contributed by atoms with van der Waals surface area (Å²) in [6.07, 6.45) is -7.56.